The van der Waals surface area contributed by atoms with Crippen LogP contribution in [0.15, 0.2) is 53.4 Å². The highest BCUT2D eigenvalue weighted by Crippen LogP contribution is 2.31. The number of anilines is 1. The molecule has 0 saturated carbocycles. The Morgan fingerprint density at radius 3 is 2.70 bits per heavy atom. The number of hydrogen-bond acceptors (Lipinski definition) is 5. The largest absolute Gasteiger partial charge is 0.485 e. The second-order valence-corrected chi connectivity index (χ2v) is 7.90. The summed E-state index contributed by atoms with van der Waals surface area (Å²) in [4.78, 5) is 12.6. The molecule has 3 rings (SSSR count). The molecule has 1 aliphatic rings. The predicted octanol–water partition coefficient (Wildman–Crippen LogP) is 2.54. The first-order chi connectivity index (χ1) is 13.0. The number of unbranched alkanes of at least 4 members (excludes halogenated alkanes) is 1. The highest BCUT2D eigenvalue weighted by atomic mass is 32.2. The standard InChI is InChI=1S/C19H22N2O5S/c1-2-3-11-20-27(23,24)15-8-6-7-14(12-15)21-19(22)18-13-25-16-9-4-5-10-17(16)26-18/h4-10,12,18,20H,2-3,11,13H2,1H3,(H,21,22)/t18-/m1/s1. The normalized spacial score (nSPS) is 16.0. The van der Waals surface area contributed by atoms with Gasteiger partial charge in [0.1, 0.15) is 6.61 Å². The van der Waals surface area contributed by atoms with Crippen LogP contribution in [0.25, 0.3) is 0 Å². The van der Waals surface area contributed by atoms with Crippen LogP contribution < -0.4 is 19.5 Å². The summed E-state index contributed by atoms with van der Waals surface area (Å²) in [6.45, 7) is 2.45. The lowest BCUT2D eigenvalue weighted by molar-refractivity contribution is -0.125. The van der Waals surface area contributed by atoms with E-state index in [4.69, 9.17) is 9.47 Å². The fourth-order valence-corrected chi connectivity index (χ4v) is 3.70. The van der Waals surface area contributed by atoms with E-state index >= 15 is 0 Å². The molecule has 0 saturated heterocycles. The number of sulfonamides is 1. The molecule has 0 unspecified atom stereocenters. The summed E-state index contributed by atoms with van der Waals surface area (Å²) >= 11 is 0. The van der Waals surface area contributed by atoms with Gasteiger partial charge in [0.05, 0.1) is 4.90 Å². The number of amides is 1. The molecule has 1 atom stereocenters. The van der Waals surface area contributed by atoms with Gasteiger partial charge in [0.25, 0.3) is 5.91 Å². The summed E-state index contributed by atoms with van der Waals surface area (Å²) in [5, 5.41) is 2.69. The molecule has 2 N–H and O–H groups in total. The highest BCUT2D eigenvalue weighted by Gasteiger charge is 2.27. The Kier molecular flexibility index (Phi) is 5.98. The predicted molar refractivity (Wildman–Crippen MR) is 102 cm³/mol. The molecule has 0 aromatic heterocycles. The van der Waals surface area contributed by atoms with Gasteiger partial charge in [-0.05, 0) is 36.8 Å². The number of nitrogens with one attached hydrogen (secondary N) is 2. The molecule has 0 spiro atoms. The maximum Gasteiger partial charge on any atom is 0.269 e. The van der Waals surface area contributed by atoms with Crippen molar-refractivity contribution in [2.75, 3.05) is 18.5 Å². The van der Waals surface area contributed by atoms with Gasteiger partial charge in [-0.3, -0.25) is 4.79 Å². The van der Waals surface area contributed by atoms with Crippen molar-refractivity contribution in [1.29, 1.82) is 0 Å². The van der Waals surface area contributed by atoms with E-state index in [0.717, 1.165) is 12.8 Å². The fourth-order valence-electron chi connectivity index (χ4n) is 2.58. The number of para-hydroxylation sites is 2. The average Bonchev–Trinajstić information content (AvgIpc) is 2.68. The van der Waals surface area contributed by atoms with Crippen molar-refractivity contribution in [2.45, 2.75) is 30.8 Å². The molecule has 27 heavy (non-hydrogen) atoms. The minimum absolute atomic E-state index is 0.0827. The lowest BCUT2D eigenvalue weighted by Crippen LogP contribution is -2.40. The molecule has 1 amide bonds. The Bertz CT molecular complexity index is 914. The van der Waals surface area contributed by atoms with Crippen molar-refractivity contribution in [2.24, 2.45) is 0 Å². The van der Waals surface area contributed by atoms with E-state index in [1.165, 1.54) is 12.1 Å². The number of benzene rings is 2. The molecule has 144 valence electrons. The second kappa shape index (κ2) is 8.41. The maximum atomic E-state index is 12.5. The number of hydrogen-bond donors (Lipinski definition) is 2. The summed E-state index contributed by atoms with van der Waals surface area (Å²) in [5.41, 5.74) is 0.376. The van der Waals surface area contributed by atoms with Gasteiger partial charge in [-0.2, -0.15) is 0 Å². The zero-order valence-electron chi connectivity index (χ0n) is 15.0. The van der Waals surface area contributed by atoms with Crippen LogP contribution in [0.5, 0.6) is 11.5 Å². The van der Waals surface area contributed by atoms with Crippen molar-refractivity contribution in [3.63, 3.8) is 0 Å². The Balaban J connectivity index is 1.67. The van der Waals surface area contributed by atoms with Gasteiger partial charge in [0.15, 0.2) is 11.5 Å². The molecule has 2 aromatic carbocycles. The molecule has 0 fully saturated rings. The molecule has 0 bridgehead atoms. The van der Waals surface area contributed by atoms with E-state index in [-0.39, 0.29) is 11.5 Å². The number of ether oxygens (including phenoxy) is 2. The Morgan fingerprint density at radius 1 is 1.15 bits per heavy atom. The third-order valence-corrected chi connectivity index (χ3v) is 5.49. The van der Waals surface area contributed by atoms with Gasteiger partial charge in [-0.25, -0.2) is 13.1 Å². The SMILES string of the molecule is CCCCNS(=O)(=O)c1cccc(NC(=O)[C@H]2COc3ccccc3O2)c1. The third kappa shape index (κ3) is 4.78. The lowest BCUT2D eigenvalue weighted by Gasteiger charge is -2.25. The molecule has 1 aliphatic heterocycles. The van der Waals surface area contributed by atoms with E-state index in [2.05, 4.69) is 10.0 Å². The van der Waals surface area contributed by atoms with Gasteiger partial charge in [0.2, 0.25) is 16.1 Å². The van der Waals surface area contributed by atoms with Crippen molar-refractivity contribution < 1.29 is 22.7 Å². The summed E-state index contributed by atoms with van der Waals surface area (Å²) in [7, 11) is -3.61. The van der Waals surface area contributed by atoms with Crippen molar-refractivity contribution >= 4 is 21.6 Å². The van der Waals surface area contributed by atoms with Crippen LogP contribution in [0.4, 0.5) is 5.69 Å². The number of rotatable bonds is 7. The molecular weight excluding hydrogens is 368 g/mol. The van der Waals surface area contributed by atoms with Crippen LogP contribution in [0.2, 0.25) is 0 Å². The van der Waals surface area contributed by atoms with Crippen LogP contribution in [0, 0.1) is 0 Å². The summed E-state index contributed by atoms with van der Waals surface area (Å²) in [6, 6.07) is 13.2. The molecular formula is C19H22N2O5S. The van der Waals surface area contributed by atoms with Crippen LogP contribution in [-0.4, -0.2) is 33.6 Å². The maximum absolute atomic E-state index is 12.5. The van der Waals surface area contributed by atoms with E-state index in [1.54, 1.807) is 30.3 Å². The van der Waals surface area contributed by atoms with Crippen LogP contribution >= 0.6 is 0 Å². The van der Waals surface area contributed by atoms with E-state index in [9.17, 15) is 13.2 Å². The summed E-state index contributed by atoms with van der Waals surface area (Å²) in [5.74, 6) is 0.686. The number of fused-ring (bicyclic) bond motifs is 1. The summed E-state index contributed by atoms with van der Waals surface area (Å²) in [6.07, 6.45) is 0.837. The van der Waals surface area contributed by atoms with E-state index in [0.29, 0.717) is 23.7 Å². The molecule has 0 aliphatic carbocycles. The molecule has 7 nitrogen and oxygen atoms in total. The topological polar surface area (TPSA) is 93.7 Å². The fraction of sp³-hybridized carbons (Fsp3) is 0.316. The minimum atomic E-state index is -3.61. The quantitative estimate of drug-likeness (QED) is 0.709. The van der Waals surface area contributed by atoms with E-state index < -0.39 is 22.0 Å². The number of carbonyl (C=O) groups is 1. The van der Waals surface area contributed by atoms with Crippen molar-refractivity contribution in [3.8, 4) is 11.5 Å². The van der Waals surface area contributed by atoms with E-state index in [1.807, 2.05) is 13.0 Å². The average molecular weight is 390 g/mol. The Morgan fingerprint density at radius 2 is 1.93 bits per heavy atom. The van der Waals surface area contributed by atoms with Gasteiger partial charge in [0, 0.05) is 12.2 Å². The van der Waals surface area contributed by atoms with Gasteiger partial charge in [-0.1, -0.05) is 31.5 Å². The Hall–Kier alpha value is -2.58. The summed E-state index contributed by atoms with van der Waals surface area (Å²) < 4.78 is 38.4. The van der Waals surface area contributed by atoms with Gasteiger partial charge in [-0.15, -0.1) is 0 Å². The van der Waals surface area contributed by atoms with Crippen LogP contribution in [0.3, 0.4) is 0 Å². The van der Waals surface area contributed by atoms with Crippen molar-refractivity contribution in [1.82, 2.24) is 4.72 Å². The monoisotopic (exact) mass is 390 g/mol. The first-order valence-corrected chi connectivity index (χ1v) is 10.3. The lowest BCUT2D eigenvalue weighted by atomic mass is 10.2. The first kappa shape index (κ1) is 19.2. The zero-order chi connectivity index (χ0) is 19.3. The second-order valence-electron chi connectivity index (χ2n) is 6.13. The Labute approximate surface area is 158 Å². The zero-order valence-corrected chi connectivity index (χ0v) is 15.8. The third-order valence-electron chi connectivity index (χ3n) is 4.04. The highest BCUT2D eigenvalue weighted by molar-refractivity contribution is 7.89. The molecule has 0 radical (unpaired) electrons. The van der Waals surface area contributed by atoms with Crippen molar-refractivity contribution in [3.05, 3.63) is 48.5 Å². The molecule has 1 heterocycles. The molecule has 8 heteroatoms. The first-order valence-electron chi connectivity index (χ1n) is 8.78. The number of carbonyl (C=O) groups excluding carboxylic acids is 1. The van der Waals surface area contributed by atoms with Gasteiger partial charge >= 0.3 is 0 Å². The van der Waals surface area contributed by atoms with Gasteiger partial charge < -0.3 is 14.8 Å². The minimum Gasteiger partial charge on any atom is -0.485 e. The van der Waals surface area contributed by atoms with Crippen LogP contribution in [0.1, 0.15) is 19.8 Å². The van der Waals surface area contributed by atoms with Crippen LogP contribution in [-0.2, 0) is 14.8 Å². The smallest absolute Gasteiger partial charge is 0.269 e. The molecule has 2 aromatic rings.